The van der Waals surface area contributed by atoms with E-state index in [1.807, 2.05) is 0 Å². The van der Waals surface area contributed by atoms with E-state index in [1.54, 1.807) is 30.3 Å². The monoisotopic (exact) mass is 462 g/mol. The number of nitrogens with zero attached hydrogens (tertiary/aromatic N) is 1. The van der Waals surface area contributed by atoms with E-state index in [9.17, 15) is 27.2 Å². The van der Waals surface area contributed by atoms with Gasteiger partial charge in [-0.1, -0.05) is 36.4 Å². The zero-order valence-corrected chi connectivity index (χ0v) is 17.0. The quantitative estimate of drug-likeness (QED) is 0.424. The first-order valence-electron chi connectivity index (χ1n) is 9.57. The number of benzene rings is 3. The second-order valence-corrected chi connectivity index (χ2v) is 6.76. The van der Waals surface area contributed by atoms with Crippen LogP contribution in [-0.2, 0) is 9.63 Å². The molecule has 10 heteroatoms. The van der Waals surface area contributed by atoms with Gasteiger partial charge in [0.05, 0.1) is 12.0 Å². The third-order valence-corrected chi connectivity index (χ3v) is 4.52. The molecular formula is C23H18F4N2O4. The van der Waals surface area contributed by atoms with Gasteiger partial charge in [0.15, 0.2) is 0 Å². The van der Waals surface area contributed by atoms with Crippen molar-refractivity contribution in [1.82, 2.24) is 0 Å². The Kier molecular flexibility index (Phi) is 7.29. The minimum atomic E-state index is -5.31. The molecular weight excluding hydrogens is 444 g/mol. The molecule has 0 aliphatic rings. The summed E-state index contributed by atoms with van der Waals surface area (Å²) in [6, 6.07) is 16.5. The van der Waals surface area contributed by atoms with E-state index in [-0.39, 0.29) is 35.7 Å². The molecule has 0 aromatic heterocycles. The third kappa shape index (κ3) is 5.66. The average molecular weight is 462 g/mol. The Morgan fingerprint density at radius 1 is 0.970 bits per heavy atom. The molecule has 172 valence electrons. The molecule has 0 saturated heterocycles. The van der Waals surface area contributed by atoms with Gasteiger partial charge in [-0.3, -0.25) is 4.79 Å². The Hall–Kier alpha value is -3.92. The zero-order valence-electron chi connectivity index (χ0n) is 17.0. The number of carbonyl (C=O) groups is 2. The van der Waals surface area contributed by atoms with E-state index >= 15 is 0 Å². The SMILES string of the molecule is NC/C(=C/F)COc1ccc(C(=O)N(OC(=O)C(F)(F)F)c2cccc3ccccc23)cc1. The van der Waals surface area contributed by atoms with Crippen molar-refractivity contribution >= 4 is 28.3 Å². The van der Waals surface area contributed by atoms with Crippen LogP contribution < -0.4 is 15.5 Å². The van der Waals surface area contributed by atoms with Gasteiger partial charge in [-0.25, -0.2) is 9.18 Å². The summed E-state index contributed by atoms with van der Waals surface area (Å²) in [5, 5.41) is 1.33. The van der Waals surface area contributed by atoms with E-state index in [0.29, 0.717) is 22.2 Å². The molecule has 3 aromatic carbocycles. The minimum absolute atomic E-state index is 0.0440. The average Bonchev–Trinajstić information content (AvgIpc) is 2.82. The number of hydrogen-bond donors (Lipinski definition) is 1. The molecule has 0 unspecified atom stereocenters. The summed E-state index contributed by atoms with van der Waals surface area (Å²) < 4.78 is 56.6. The minimum Gasteiger partial charge on any atom is -0.489 e. The van der Waals surface area contributed by atoms with Crippen molar-refractivity contribution in [3.63, 3.8) is 0 Å². The number of anilines is 1. The van der Waals surface area contributed by atoms with E-state index in [1.165, 1.54) is 36.4 Å². The second kappa shape index (κ2) is 10.1. The van der Waals surface area contributed by atoms with Crippen LogP contribution in [0.1, 0.15) is 10.4 Å². The first-order chi connectivity index (χ1) is 15.7. The molecule has 0 fully saturated rings. The fourth-order valence-electron chi connectivity index (χ4n) is 2.84. The molecule has 3 aromatic rings. The summed E-state index contributed by atoms with van der Waals surface area (Å²) in [5.41, 5.74) is 5.43. The molecule has 0 aliphatic heterocycles. The van der Waals surface area contributed by atoms with Crippen LogP contribution in [0.25, 0.3) is 10.8 Å². The zero-order chi connectivity index (χ0) is 24.0. The number of hydroxylamine groups is 1. The summed E-state index contributed by atoms with van der Waals surface area (Å²) in [4.78, 5) is 29.1. The molecule has 0 atom stereocenters. The molecule has 2 N–H and O–H groups in total. The van der Waals surface area contributed by atoms with Gasteiger partial charge in [0.25, 0.3) is 5.91 Å². The van der Waals surface area contributed by atoms with Crippen molar-refractivity contribution in [2.24, 2.45) is 5.73 Å². The van der Waals surface area contributed by atoms with Crippen LogP contribution in [0.2, 0.25) is 0 Å². The molecule has 0 bridgehead atoms. The smallest absolute Gasteiger partial charge is 0.489 e. The van der Waals surface area contributed by atoms with E-state index in [4.69, 9.17) is 10.5 Å². The molecule has 6 nitrogen and oxygen atoms in total. The van der Waals surface area contributed by atoms with Crippen LogP contribution >= 0.6 is 0 Å². The van der Waals surface area contributed by atoms with Crippen molar-refractivity contribution < 1.29 is 36.7 Å². The number of carbonyl (C=O) groups excluding carboxylic acids is 2. The summed E-state index contributed by atoms with van der Waals surface area (Å²) >= 11 is 0. The van der Waals surface area contributed by atoms with Crippen LogP contribution in [0, 0.1) is 0 Å². The number of ether oxygens (including phenoxy) is 1. The van der Waals surface area contributed by atoms with Crippen molar-refractivity contribution in [2.75, 3.05) is 18.2 Å². The van der Waals surface area contributed by atoms with Gasteiger partial charge in [-0.15, -0.1) is 5.06 Å². The summed E-state index contributed by atoms with van der Waals surface area (Å²) in [6.45, 7) is -0.163. The normalized spacial score (nSPS) is 11.8. The standard InChI is InChI=1S/C23H18F4N2O4/c24-12-15(13-28)14-32-18-10-8-17(9-11-18)21(30)29(33-22(31)23(25,26)27)20-7-3-5-16-4-1-2-6-19(16)20/h1-12H,13-14,28H2/b15-12-. The molecule has 0 aliphatic carbocycles. The highest BCUT2D eigenvalue weighted by Crippen LogP contribution is 2.30. The highest BCUT2D eigenvalue weighted by atomic mass is 19.4. The van der Waals surface area contributed by atoms with Gasteiger partial charge in [0, 0.05) is 23.1 Å². The van der Waals surface area contributed by atoms with Gasteiger partial charge in [-0.2, -0.15) is 13.2 Å². The fraction of sp³-hybridized carbons (Fsp3) is 0.130. The molecule has 0 radical (unpaired) electrons. The lowest BCUT2D eigenvalue weighted by molar-refractivity contribution is -0.199. The Morgan fingerprint density at radius 2 is 1.64 bits per heavy atom. The number of halogens is 4. The Morgan fingerprint density at radius 3 is 2.27 bits per heavy atom. The number of nitrogens with two attached hydrogens (primary N) is 1. The highest BCUT2D eigenvalue weighted by Gasteiger charge is 2.44. The van der Waals surface area contributed by atoms with E-state index in [2.05, 4.69) is 4.84 Å². The van der Waals surface area contributed by atoms with E-state index in [0.717, 1.165) is 0 Å². The summed E-state index contributed by atoms with van der Waals surface area (Å²) in [7, 11) is 0. The lowest BCUT2D eigenvalue weighted by Gasteiger charge is -2.23. The topological polar surface area (TPSA) is 81.9 Å². The Labute approximate surface area is 185 Å². The van der Waals surface area contributed by atoms with Crippen LogP contribution in [0.15, 0.2) is 78.6 Å². The van der Waals surface area contributed by atoms with Gasteiger partial charge >= 0.3 is 12.1 Å². The van der Waals surface area contributed by atoms with Crippen molar-refractivity contribution in [1.29, 1.82) is 0 Å². The highest BCUT2D eigenvalue weighted by molar-refractivity contribution is 6.10. The van der Waals surface area contributed by atoms with Crippen molar-refractivity contribution in [3.8, 4) is 5.75 Å². The maximum absolute atomic E-state index is 13.1. The van der Waals surface area contributed by atoms with Crippen LogP contribution in [-0.4, -0.2) is 31.2 Å². The number of rotatable bonds is 6. The molecule has 0 saturated carbocycles. The lowest BCUT2D eigenvalue weighted by atomic mass is 10.1. The first-order valence-corrected chi connectivity index (χ1v) is 9.57. The summed E-state index contributed by atoms with van der Waals surface area (Å²) in [5.74, 6) is -3.29. The maximum Gasteiger partial charge on any atom is 0.493 e. The van der Waals surface area contributed by atoms with E-state index < -0.39 is 18.1 Å². The molecule has 33 heavy (non-hydrogen) atoms. The van der Waals surface area contributed by atoms with Crippen molar-refractivity contribution in [3.05, 3.63) is 84.2 Å². The molecule has 0 heterocycles. The molecule has 0 spiro atoms. The van der Waals surface area contributed by atoms with Gasteiger partial charge in [0.1, 0.15) is 12.4 Å². The Bertz CT molecular complexity index is 1170. The number of fused-ring (bicyclic) bond motifs is 1. The number of amides is 1. The number of hydrogen-bond acceptors (Lipinski definition) is 5. The van der Waals surface area contributed by atoms with Gasteiger partial charge < -0.3 is 15.3 Å². The maximum atomic E-state index is 13.1. The molecule has 1 amide bonds. The fourth-order valence-corrected chi connectivity index (χ4v) is 2.84. The number of alkyl halides is 3. The predicted octanol–water partition coefficient (Wildman–Crippen LogP) is 4.70. The lowest BCUT2D eigenvalue weighted by Crippen LogP contribution is -2.38. The summed E-state index contributed by atoms with van der Waals surface area (Å²) in [6.07, 6.45) is -4.99. The first kappa shape index (κ1) is 23.7. The van der Waals surface area contributed by atoms with Crippen LogP contribution in [0.4, 0.5) is 23.2 Å². The predicted molar refractivity (Wildman–Crippen MR) is 113 cm³/mol. The molecule has 3 rings (SSSR count). The third-order valence-electron chi connectivity index (χ3n) is 4.52. The van der Waals surface area contributed by atoms with Gasteiger partial charge in [0.2, 0.25) is 0 Å². The second-order valence-electron chi connectivity index (χ2n) is 6.76. The van der Waals surface area contributed by atoms with Crippen LogP contribution in [0.3, 0.4) is 0 Å². The van der Waals surface area contributed by atoms with Crippen molar-refractivity contribution in [2.45, 2.75) is 6.18 Å². The largest absolute Gasteiger partial charge is 0.493 e. The Balaban J connectivity index is 1.93. The van der Waals surface area contributed by atoms with Crippen LogP contribution in [0.5, 0.6) is 5.75 Å². The van der Waals surface area contributed by atoms with Gasteiger partial charge in [-0.05, 0) is 35.7 Å².